The third-order valence-corrected chi connectivity index (χ3v) is 8.75. The first-order chi connectivity index (χ1) is 19.4. The molecule has 10 rings (SSSR count). The van der Waals surface area contributed by atoms with Crippen molar-refractivity contribution in [2.45, 2.75) is 0 Å². The van der Waals surface area contributed by atoms with Crippen LogP contribution in [0.2, 0.25) is 0 Å². The van der Waals surface area contributed by atoms with Gasteiger partial charge >= 0.3 is 0 Å². The van der Waals surface area contributed by atoms with Crippen LogP contribution in [0.3, 0.4) is 0 Å². The van der Waals surface area contributed by atoms with Crippen molar-refractivity contribution in [3.05, 3.63) is 127 Å². The van der Waals surface area contributed by atoms with Crippen molar-refractivity contribution in [2.75, 3.05) is 0 Å². The van der Waals surface area contributed by atoms with Crippen LogP contribution in [-0.2, 0) is 0 Å². The molecule has 39 heavy (non-hydrogen) atoms. The molecule has 4 heterocycles. The minimum atomic E-state index is 1.19. The minimum absolute atomic E-state index is 1.19. The molecule has 0 bridgehead atoms. The molecule has 0 aliphatic heterocycles. The maximum Gasteiger partial charge on any atom is 0.0789 e. The standard InChI is InChI=1S/C36H21N3/c1-4-14-28-22(10-1)25-13-9-19-33-34(25)37(28)31-17-7-8-18-32(31)38-29-15-5-2-11-23(29)26-20-21-27-24-12-3-6-16-30(24)39(33)36(27)35(26)38/h1-21H. The van der Waals surface area contributed by atoms with Gasteiger partial charge in [0, 0.05) is 32.3 Å². The van der Waals surface area contributed by atoms with Gasteiger partial charge in [-0.3, -0.25) is 0 Å². The van der Waals surface area contributed by atoms with Gasteiger partial charge in [-0.05, 0) is 36.4 Å². The second-order valence-corrected chi connectivity index (χ2v) is 10.6. The smallest absolute Gasteiger partial charge is 0.0789 e. The fraction of sp³-hybridized carbons (Fsp3) is 0. The number of rotatable bonds is 0. The second kappa shape index (κ2) is 6.77. The Hall–Kier alpha value is -5.28. The third kappa shape index (κ3) is 2.23. The summed E-state index contributed by atoms with van der Waals surface area (Å²) < 4.78 is 7.51. The SMILES string of the molecule is c1ccc2c(c1)c1cccc3c1n2c1ccccc1n1c2ccccc2c2ccc4c5ccccc5n3c4c21. The highest BCUT2D eigenvalue weighted by molar-refractivity contribution is 6.25. The molecule has 0 N–H and O–H groups in total. The van der Waals surface area contributed by atoms with Crippen LogP contribution in [0.4, 0.5) is 0 Å². The Morgan fingerprint density at radius 3 is 1.08 bits per heavy atom. The number of para-hydroxylation sites is 6. The van der Waals surface area contributed by atoms with Gasteiger partial charge in [-0.15, -0.1) is 0 Å². The molecular formula is C36H21N3. The average Bonchev–Trinajstić information content (AvgIpc) is 3.63. The molecule has 0 unspecified atom stereocenters. The molecule has 0 radical (unpaired) electrons. The van der Waals surface area contributed by atoms with Crippen molar-refractivity contribution in [3.8, 4) is 0 Å². The molecule has 3 heteroatoms. The second-order valence-electron chi connectivity index (χ2n) is 10.6. The third-order valence-electron chi connectivity index (χ3n) is 8.75. The van der Waals surface area contributed by atoms with Gasteiger partial charge in [0.15, 0.2) is 0 Å². The van der Waals surface area contributed by atoms with Crippen molar-refractivity contribution in [1.29, 1.82) is 0 Å². The normalized spacial score (nSPS) is 12.6. The highest BCUT2D eigenvalue weighted by atomic mass is 15.0. The van der Waals surface area contributed by atoms with E-state index in [1.54, 1.807) is 0 Å². The highest BCUT2D eigenvalue weighted by Gasteiger charge is 2.21. The van der Waals surface area contributed by atoms with Crippen LogP contribution in [0.25, 0.3) is 82.0 Å². The molecule has 0 fully saturated rings. The van der Waals surface area contributed by atoms with E-state index in [2.05, 4.69) is 141 Å². The lowest BCUT2D eigenvalue weighted by Crippen LogP contribution is -1.90. The Morgan fingerprint density at radius 2 is 0.564 bits per heavy atom. The lowest BCUT2D eigenvalue weighted by atomic mass is 10.1. The van der Waals surface area contributed by atoms with E-state index in [1.165, 1.54) is 82.0 Å². The van der Waals surface area contributed by atoms with Gasteiger partial charge in [-0.25, -0.2) is 0 Å². The van der Waals surface area contributed by atoms with E-state index in [4.69, 9.17) is 0 Å². The van der Waals surface area contributed by atoms with E-state index in [1.807, 2.05) is 0 Å². The summed E-state index contributed by atoms with van der Waals surface area (Å²) in [5.74, 6) is 0. The van der Waals surface area contributed by atoms with Crippen LogP contribution in [0.15, 0.2) is 127 Å². The van der Waals surface area contributed by atoms with E-state index >= 15 is 0 Å². The minimum Gasteiger partial charge on any atom is -0.305 e. The molecule has 10 aromatic rings. The number of hydrogen-bond donors (Lipinski definition) is 0. The number of aromatic nitrogens is 3. The zero-order valence-electron chi connectivity index (χ0n) is 21.0. The van der Waals surface area contributed by atoms with Gasteiger partial charge in [0.1, 0.15) is 0 Å². The lowest BCUT2D eigenvalue weighted by molar-refractivity contribution is 1.30. The van der Waals surface area contributed by atoms with Crippen LogP contribution in [-0.4, -0.2) is 13.2 Å². The van der Waals surface area contributed by atoms with Crippen LogP contribution in [0, 0.1) is 0 Å². The van der Waals surface area contributed by atoms with E-state index in [9.17, 15) is 0 Å². The topological polar surface area (TPSA) is 13.2 Å². The molecule has 0 saturated carbocycles. The highest BCUT2D eigenvalue weighted by Crippen LogP contribution is 2.42. The summed E-state index contributed by atoms with van der Waals surface area (Å²) in [6.07, 6.45) is 0. The Bertz CT molecular complexity index is 2660. The predicted molar refractivity (Wildman–Crippen MR) is 164 cm³/mol. The van der Waals surface area contributed by atoms with Crippen molar-refractivity contribution < 1.29 is 0 Å². The zero-order chi connectivity index (χ0) is 25.2. The summed E-state index contributed by atoms with van der Waals surface area (Å²) in [7, 11) is 0. The van der Waals surface area contributed by atoms with E-state index in [0.717, 1.165) is 0 Å². The number of nitrogens with zero attached hydrogens (tertiary/aromatic N) is 3. The Balaban J connectivity index is 1.77. The van der Waals surface area contributed by atoms with Gasteiger partial charge in [0.05, 0.1) is 49.7 Å². The van der Waals surface area contributed by atoms with Gasteiger partial charge in [0.2, 0.25) is 0 Å². The van der Waals surface area contributed by atoms with Gasteiger partial charge in [-0.2, -0.15) is 0 Å². The quantitative estimate of drug-likeness (QED) is 0.199. The maximum absolute atomic E-state index is 2.52. The Morgan fingerprint density at radius 1 is 0.231 bits per heavy atom. The fourth-order valence-corrected chi connectivity index (χ4v) is 7.27. The number of hydrogen-bond acceptors (Lipinski definition) is 0. The molecule has 6 aromatic carbocycles. The van der Waals surface area contributed by atoms with Crippen LogP contribution in [0.1, 0.15) is 0 Å². The molecule has 4 aromatic heterocycles. The van der Waals surface area contributed by atoms with Crippen LogP contribution >= 0.6 is 0 Å². The molecular weight excluding hydrogens is 474 g/mol. The first-order valence-corrected chi connectivity index (χ1v) is 13.5. The van der Waals surface area contributed by atoms with E-state index < -0.39 is 0 Å². The summed E-state index contributed by atoms with van der Waals surface area (Å²) in [5, 5.41) is 7.65. The van der Waals surface area contributed by atoms with Gasteiger partial charge in [0.25, 0.3) is 0 Å². The molecule has 180 valence electrons. The summed E-state index contributed by atoms with van der Waals surface area (Å²) in [6, 6.07) is 46.8. The van der Waals surface area contributed by atoms with Crippen molar-refractivity contribution in [3.63, 3.8) is 0 Å². The summed E-state index contributed by atoms with van der Waals surface area (Å²) >= 11 is 0. The zero-order valence-corrected chi connectivity index (χ0v) is 21.0. The monoisotopic (exact) mass is 495 g/mol. The van der Waals surface area contributed by atoms with Gasteiger partial charge in [-0.1, -0.05) is 91.0 Å². The number of fused-ring (bicyclic) bond motifs is 13. The predicted octanol–water partition coefficient (Wildman–Crippen LogP) is 9.36. The maximum atomic E-state index is 2.52. The average molecular weight is 496 g/mol. The molecule has 0 saturated heterocycles. The first-order valence-electron chi connectivity index (χ1n) is 13.5. The molecule has 0 aliphatic rings. The Labute approximate surface area is 222 Å². The van der Waals surface area contributed by atoms with E-state index in [-0.39, 0.29) is 0 Å². The summed E-state index contributed by atoms with van der Waals surface area (Å²) in [4.78, 5) is 0. The molecule has 0 amide bonds. The molecule has 0 atom stereocenters. The van der Waals surface area contributed by atoms with E-state index in [0.29, 0.717) is 0 Å². The van der Waals surface area contributed by atoms with Crippen LogP contribution in [0.5, 0.6) is 0 Å². The lowest BCUT2D eigenvalue weighted by Gasteiger charge is -2.05. The molecule has 3 nitrogen and oxygen atoms in total. The van der Waals surface area contributed by atoms with Crippen molar-refractivity contribution >= 4 is 82.0 Å². The van der Waals surface area contributed by atoms with Crippen molar-refractivity contribution in [1.82, 2.24) is 13.2 Å². The largest absolute Gasteiger partial charge is 0.305 e. The first kappa shape index (κ1) is 19.8. The summed E-state index contributed by atoms with van der Waals surface area (Å²) in [6.45, 7) is 0. The van der Waals surface area contributed by atoms with Crippen molar-refractivity contribution in [2.24, 2.45) is 0 Å². The summed E-state index contributed by atoms with van der Waals surface area (Å²) in [5.41, 5.74) is 11.0. The van der Waals surface area contributed by atoms with Crippen LogP contribution < -0.4 is 0 Å². The van der Waals surface area contributed by atoms with Gasteiger partial charge < -0.3 is 13.2 Å². The molecule has 0 spiro atoms. The fourth-order valence-electron chi connectivity index (χ4n) is 7.27. The number of benzene rings is 6. The molecule has 0 aliphatic carbocycles. The Kier molecular flexibility index (Phi) is 3.44.